The van der Waals surface area contributed by atoms with Gasteiger partial charge in [-0.15, -0.1) is 0 Å². The predicted octanol–water partition coefficient (Wildman–Crippen LogP) is 6.82. The lowest BCUT2D eigenvalue weighted by atomic mass is 10.0. The van der Waals surface area contributed by atoms with Crippen LogP contribution in [0.5, 0.6) is 0 Å². The third-order valence-corrected chi connectivity index (χ3v) is 5.25. The maximum atomic E-state index is 14.2. The maximum absolute atomic E-state index is 14.2. The molecule has 4 rings (SSSR count). The molecular formula is C22H13Br2FN2O. The number of hydrogen-bond acceptors (Lipinski definition) is 2. The highest BCUT2D eigenvalue weighted by molar-refractivity contribution is 9.10. The van der Waals surface area contributed by atoms with Crippen molar-refractivity contribution in [1.29, 1.82) is 0 Å². The van der Waals surface area contributed by atoms with E-state index in [1.807, 2.05) is 48.5 Å². The Hall–Kier alpha value is -2.57. The van der Waals surface area contributed by atoms with E-state index in [2.05, 4.69) is 42.2 Å². The fourth-order valence-electron chi connectivity index (χ4n) is 2.94. The summed E-state index contributed by atoms with van der Waals surface area (Å²) in [5, 5.41) is 3.37. The molecular weight excluding hydrogens is 487 g/mol. The molecule has 0 fully saturated rings. The number of aromatic nitrogens is 1. The minimum Gasteiger partial charge on any atom is -0.319 e. The monoisotopic (exact) mass is 498 g/mol. The number of amides is 1. The zero-order chi connectivity index (χ0) is 19.7. The van der Waals surface area contributed by atoms with Crippen LogP contribution in [0.3, 0.4) is 0 Å². The Bertz CT molecular complexity index is 1210. The van der Waals surface area contributed by atoms with Crippen molar-refractivity contribution in [3.05, 3.63) is 93.1 Å². The Morgan fingerprint density at radius 3 is 2.46 bits per heavy atom. The molecule has 0 spiro atoms. The lowest BCUT2D eigenvalue weighted by molar-refractivity contribution is 0.102. The van der Waals surface area contributed by atoms with Crippen LogP contribution in [0, 0.1) is 5.82 Å². The van der Waals surface area contributed by atoms with Crippen molar-refractivity contribution in [3.63, 3.8) is 0 Å². The number of rotatable bonds is 3. The quantitative estimate of drug-likeness (QED) is 0.336. The van der Waals surface area contributed by atoms with Crippen LogP contribution in [0.2, 0.25) is 0 Å². The zero-order valence-electron chi connectivity index (χ0n) is 14.4. The van der Waals surface area contributed by atoms with Gasteiger partial charge in [0, 0.05) is 19.9 Å². The summed E-state index contributed by atoms with van der Waals surface area (Å²) in [6.45, 7) is 0. The Labute approximate surface area is 177 Å². The number of fused-ring (bicyclic) bond motifs is 1. The fraction of sp³-hybridized carbons (Fsp3) is 0. The first-order valence-corrected chi connectivity index (χ1v) is 10.0. The van der Waals surface area contributed by atoms with Gasteiger partial charge in [-0.05, 0) is 42.5 Å². The van der Waals surface area contributed by atoms with E-state index in [4.69, 9.17) is 0 Å². The first-order valence-electron chi connectivity index (χ1n) is 8.43. The highest BCUT2D eigenvalue weighted by atomic mass is 79.9. The summed E-state index contributed by atoms with van der Waals surface area (Å²) in [4.78, 5) is 17.7. The van der Waals surface area contributed by atoms with Gasteiger partial charge in [0.05, 0.1) is 22.5 Å². The van der Waals surface area contributed by atoms with Gasteiger partial charge in [0.1, 0.15) is 5.82 Å². The number of anilines is 1. The molecule has 138 valence electrons. The normalized spacial score (nSPS) is 10.8. The summed E-state index contributed by atoms with van der Waals surface area (Å²) in [5.41, 5.74) is 2.80. The van der Waals surface area contributed by atoms with Crippen molar-refractivity contribution in [2.24, 2.45) is 0 Å². The van der Waals surface area contributed by atoms with Gasteiger partial charge in [-0.25, -0.2) is 9.37 Å². The molecule has 4 aromatic rings. The van der Waals surface area contributed by atoms with Gasteiger partial charge < -0.3 is 5.32 Å². The molecule has 1 amide bonds. The summed E-state index contributed by atoms with van der Waals surface area (Å²) in [7, 11) is 0. The van der Waals surface area contributed by atoms with E-state index < -0.39 is 11.7 Å². The summed E-state index contributed by atoms with van der Waals surface area (Å²) in [6, 6.07) is 21.4. The predicted molar refractivity (Wildman–Crippen MR) is 117 cm³/mol. The zero-order valence-corrected chi connectivity index (χ0v) is 17.6. The molecule has 0 saturated heterocycles. The number of nitrogens with zero attached hydrogens (tertiary/aromatic N) is 1. The molecule has 0 aliphatic rings. The molecule has 0 atom stereocenters. The van der Waals surface area contributed by atoms with Crippen LogP contribution >= 0.6 is 31.9 Å². The Kier molecular flexibility index (Phi) is 5.24. The van der Waals surface area contributed by atoms with Crippen molar-refractivity contribution < 1.29 is 9.18 Å². The van der Waals surface area contributed by atoms with E-state index in [1.165, 1.54) is 12.1 Å². The summed E-state index contributed by atoms with van der Waals surface area (Å²) >= 11 is 6.68. The number of halogens is 3. The molecule has 1 N–H and O–H groups in total. The minimum absolute atomic E-state index is 0.123. The van der Waals surface area contributed by atoms with E-state index >= 15 is 0 Å². The van der Waals surface area contributed by atoms with Gasteiger partial charge in [0.2, 0.25) is 0 Å². The Balaban J connectivity index is 1.81. The average Bonchev–Trinajstić information content (AvgIpc) is 2.69. The fourth-order valence-corrected chi connectivity index (χ4v) is 3.67. The smallest absolute Gasteiger partial charge is 0.256 e. The second kappa shape index (κ2) is 7.81. The number of carbonyl (C=O) groups excluding carboxylic acids is 1. The summed E-state index contributed by atoms with van der Waals surface area (Å²) in [5.74, 6) is -0.899. The first-order chi connectivity index (χ1) is 13.5. The van der Waals surface area contributed by atoms with Crippen LogP contribution in [-0.4, -0.2) is 10.9 Å². The van der Waals surface area contributed by atoms with Crippen molar-refractivity contribution >= 4 is 54.4 Å². The van der Waals surface area contributed by atoms with Crippen molar-refractivity contribution in [1.82, 2.24) is 4.98 Å². The molecule has 0 unspecified atom stereocenters. The van der Waals surface area contributed by atoms with Gasteiger partial charge in [-0.2, -0.15) is 0 Å². The Morgan fingerprint density at radius 2 is 1.68 bits per heavy atom. The molecule has 0 bridgehead atoms. The molecule has 0 aliphatic heterocycles. The second-order valence-corrected chi connectivity index (χ2v) is 7.99. The number of para-hydroxylation sites is 1. The number of nitrogens with one attached hydrogen (secondary N) is 1. The molecule has 6 heteroatoms. The van der Waals surface area contributed by atoms with Crippen LogP contribution in [0.1, 0.15) is 10.4 Å². The van der Waals surface area contributed by atoms with Crippen LogP contribution in [-0.2, 0) is 0 Å². The number of pyridine rings is 1. The molecule has 0 saturated carbocycles. The van der Waals surface area contributed by atoms with Gasteiger partial charge in [-0.3, -0.25) is 4.79 Å². The summed E-state index contributed by atoms with van der Waals surface area (Å²) < 4.78 is 15.7. The lowest BCUT2D eigenvalue weighted by Gasteiger charge is -2.11. The molecule has 1 heterocycles. The third-order valence-electron chi connectivity index (χ3n) is 4.26. The van der Waals surface area contributed by atoms with Crippen LogP contribution in [0.25, 0.3) is 22.2 Å². The number of benzene rings is 3. The molecule has 1 aromatic heterocycles. The van der Waals surface area contributed by atoms with E-state index in [0.29, 0.717) is 26.6 Å². The number of carbonyl (C=O) groups is 1. The van der Waals surface area contributed by atoms with E-state index in [1.54, 1.807) is 12.1 Å². The van der Waals surface area contributed by atoms with E-state index in [-0.39, 0.29) is 5.69 Å². The highest BCUT2D eigenvalue weighted by Crippen LogP contribution is 2.28. The standard InChI is InChI=1S/C22H13Br2FN2O/c23-14-5-3-4-13(10-14)21-12-17(16-6-1-2-7-19(16)26-21)22(28)27-20-9-8-15(24)11-18(20)25/h1-12H,(H,27,28). The van der Waals surface area contributed by atoms with Gasteiger partial charge in [0.25, 0.3) is 5.91 Å². The molecule has 3 nitrogen and oxygen atoms in total. The third kappa shape index (κ3) is 3.84. The van der Waals surface area contributed by atoms with Gasteiger partial charge in [-0.1, -0.05) is 62.2 Å². The van der Waals surface area contributed by atoms with Crippen LogP contribution in [0.15, 0.2) is 81.7 Å². The van der Waals surface area contributed by atoms with E-state index in [9.17, 15) is 9.18 Å². The first kappa shape index (κ1) is 18.8. The minimum atomic E-state index is -0.506. The van der Waals surface area contributed by atoms with Crippen LogP contribution < -0.4 is 5.32 Å². The highest BCUT2D eigenvalue weighted by Gasteiger charge is 2.16. The van der Waals surface area contributed by atoms with E-state index in [0.717, 1.165) is 10.0 Å². The van der Waals surface area contributed by atoms with Gasteiger partial charge in [0.15, 0.2) is 0 Å². The average molecular weight is 500 g/mol. The molecule has 0 aliphatic carbocycles. The SMILES string of the molecule is O=C(Nc1ccc(Br)cc1F)c1cc(-c2cccc(Br)c2)nc2ccccc12. The van der Waals surface area contributed by atoms with Gasteiger partial charge >= 0.3 is 0 Å². The maximum Gasteiger partial charge on any atom is 0.256 e. The molecule has 0 radical (unpaired) electrons. The summed E-state index contributed by atoms with van der Waals surface area (Å²) in [6.07, 6.45) is 0. The largest absolute Gasteiger partial charge is 0.319 e. The van der Waals surface area contributed by atoms with Crippen LogP contribution in [0.4, 0.5) is 10.1 Å². The topological polar surface area (TPSA) is 42.0 Å². The molecule has 3 aromatic carbocycles. The van der Waals surface area contributed by atoms with Crippen molar-refractivity contribution in [2.45, 2.75) is 0 Å². The second-order valence-electron chi connectivity index (χ2n) is 6.16. The number of hydrogen-bond donors (Lipinski definition) is 1. The lowest BCUT2D eigenvalue weighted by Crippen LogP contribution is -2.14. The molecule has 28 heavy (non-hydrogen) atoms. The van der Waals surface area contributed by atoms with Crippen molar-refractivity contribution in [2.75, 3.05) is 5.32 Å². The van der Waals surface area contributed by atoms with Crippen molar-refractivity contribution in [3.8, 4) is 11.3 Å². The Morgan fingerprint density at radius 1 is 0.893 bits per heavy atom.